The Kier molecular flexibility index (Phi) is 8.42. The number of piperazine rings is 1. The van der Waals surface area contributed by atoms with E-state index in [2.05, 4.69) is 4.90 Å². The van der Waals surface area contributed by atoms with Crippen molar-refractivity contribution in [3.8, 4) is 11.1 Å². The Bertz CT molecular complexity index is 1380. The lowest BCUT2D eigenvalue weighted by molar-refractivity contribution is -0.133. The number of carbonyl (C=O) groups excluding carboxylic acids is 3. The van der Waals surface area contributed by atoms with Crippen LogP contribution in [0.3, 0.4) is 0 Å². The number of fused-ring (bicyclic) bond motifs is 2. The van der Waals surface area contributed by atoms with E-state index < -0.39 is 5.60 Å². The number of halogens is 2. The maximum Gasteiger partial charge on any atom is 0.410 e. The van der Waals surface area contributed by atoms with Gasteiger partial charge < -0.3 is 19.4 Å². The van der Waals surface area contributed by atoms with Crippen molar-refractivity contribution < 1.29 is 19.1 Å². The molecule has 1 aliphatic carbocycles. The van der Waals surface area contributed by atoms with Crippen LogP contribution in [0.4, 0.5) is 4.79 Å². The van der Waals surface area contributed by atoms with Gasteiger partial charge in [-0.3, -0.25) is 9.59 Å². The van der Waals surface area contributed by atoms with E-state index in [0.717, 1.165) is 48.9 Å². The SMILES string of the molecule is CC(C)(C)OC(=O)N1C[C@@H]2C[C@H]1CN2C(=O)c1ccc(-c2cc(Cl)c(CC3CCN(C4CCCCC4)C3=O)c(Cl)c2)cc1. The summed E-state index contributed by atoms with van der Waals surface area (Å²) in [6.45, 7) is 7.42. The molecule has 2 aromatic rings. The van der Waals surface area contributed by atoms with E-state index in [9.17, 15) is 14.4 Å². The number of rotatable bonds is 5. The summed E-state index contributed by atoms with van der Waals surface area (Å²) in [6, 6.07) is 11.7. The molecule has 0 N–H and O–H groups in total. The predicted molar refractivity (Wildman–Crippen MR) is 168 cm³/mol. The van der Waals surface area contributed by atoms with E-state index in [1.807, 2.05) is 62.1 Å². The highest BCUT2D eigenvalue weighted by molar-refractivity contribution is 6.36. The zero-order chi connectivity index (χ0) is 30.5. The summed E-state index contributed by atoms with van der Waals surface area (Å²) in [7, 11) is 0. The van der Waals surface area contributed by atoms with Crippen LogP contribution in [0.25, 0.3) is 11.1 Å². The number of hydrogen-bond acceptors (Lipinski definition) is 4. The number of ether oxygens (including phenoxy) is 1. The van der Waals surface area contributed by atoms with Gasteiger partial charge >= 0.3 is 6.09 Å². The molecule has 2 bridgehead atoms. The Morgan fingerprint density at radius 2 is 1.49 bits per heavy atom. The van der Waals surface area contributed by atoms with Crippen LogP contribution >= 0.6 is 23.2 Å². The Labute approximate surface area is 264 Å². The summed E-state index contributed by atoms with van der Waals surface area (Å²) >= 11 is 13.5. The zero-order valence-corrected chi connectivity index (χ0v) is 26.8. The first-order chi connectivity index (χ1) is 20.5. The molecule has 0 spiro atoms. The minimum atomic E-state index is -0.546. The third kappa shape index (κ3) is 6.26. The van der Waals surface area contributed by atoms with Gasteiger partial charge in [-0.15, -0.1) is 0 Å². The molecule has 9 heteroatoms. The fraction of sp³-hybridized carbons (Fsp3) is 0.559. The maximum atomic E-state index is 13.4. The summed E-state index contributed by atoms with van der Waals surface area (Å²) in [5.41, 5.74) is 2.66. The van der Waals surface area contributed by atoms with E-state index in [-0.39, 0.29) is 35.9 Å². The molecule has 0 radical (unpaired) electrons. The first-order valence-electron chi connectivity index (χ1n) is 15.7. The summed E-state index contributed by atoms with van der Waals surface area (Å²) in [4.78, 5) is 44.9. The summed E-state index contributed by atoms with van der Waals surface area (Å²) in [5.74, 6) is 0.134. The minimum Gasteiger partial charge on any atom is -0.444 e. The van der Waals surface area contributed by atoms with Crippen LogP contribution in [0.1, 0.15) is 81.6 Å². The zero-order valence-electron chi connectivity index (χ0n) is 25.3. The normalized spacial score (nSPS) is 24.3. The molecule has 3 aliphatic heterocycles. The number of amides is 3. The Morgan fingerprint density at radius 3 is 2.09 bits per heavy atom. The largest absolute Gasteiger partial charge is 0.444 e. The van der Waals surface area contributed by atoms with Crippen molar-refractivity contribution >= 4 is 41.1 Å². The molecule has 4 fully saturated rings. The molecule has 2 aromatic carbocycles. The molecule has 0 aromatic heterocycles. The minimum absolute atomic E-state index is 0.00338. The van der Waals surface area contributed by atoms with Crippen molar-refractivity contribution in [3.05, 3.63) is 57.6 Å². The monoisotopic (exact) mass is 625 g/mol. The van der Waals surface area contributed by atoms with Crippen molar-refractivity contribution in [2.24, 2.45) is 5.92 Å². The third-order valence-electron chi connectivity index (χ3n) is 9.55. The van der Waals surface area contributed by atoms with E-state index in [4.69, 9.17) is 27.9 Å². The van der Waals surface area contributed by atoms with Gasteiger partial charge in [-0.2, -0.15) is 0 Å². The fourth-order valence-electron chi connectivity index (χ4n) is 7.35. The predicted octanol–water partition coefficient (Wildman–Crippen LogP) is 7.22. The molecule has 3 saturated heterocycles. The molecular formula is C34H41Cl2N3O4. The molecule has 7 nitrogen and oxygen atoms in total. The lowest BCUT2D eigenvalue weighted by atomic mass is 9.93. The van der Waals surface area contributed by atoms with Gasteiger partial charge in [-0.05, 0) is 93.8 Å². The van der Waals surface area contributed by atoms with E-state index in [1.54, 1.807) is 4.90 Å². The molecule has 4 aliphatic rings. The second kappa shape index (κ2) is 12.0. The highest BCUT2D eigenvalue weighted by Crippen LogP contribution is 2.37. The molecule has 1 saturated carbocycles. The summed E-state index contributed by atoms with van der Waals surface area (Å²) in [5, 5.41) is 1.13. The molecule has 3 amide bonds. The molecule has 3 heterocycles. The number of nitrogens with zero attached hydrogens (tertiary/aromatic N) is 3. The number of benzene rings is 2. The highest BCUT2D eigenvalue weighted by atomic mass is 35.5. The van der Waals surface area contributed by atoms with Crippen LogP contribution < -0.4 is 0 Å². The van der Waals surface area contributed by atoms with Crippen LogP contribution in [0.5, 0.6) is 0 Å². The van der Waals surface area contributed by atoms with Gasteiger partial charge in [0.2, 0.25) is 5.91 Å². The molecule has 6 rings (SSSR count). The fourth-order valence-corrected chi connectivity index (χ4v) is 7.99. The quantitative estimate of drug-likeness (QED) is 0.352. The van der Waals surface area contributed by atoms with Crippen LogP contribution in [0, 0.1) is 5.92 Å². The van der Waals surface area contributed by atoms with Gasteiger partial charge in [0.15, 0.2) is 0 Å². The van der Waals surface area contributed by atoms with Gasteiger partial charge in [-0.25, -0.2) is 4.79 Å². The maximum absolute atomic E-state index is 13.4. The van der Waals surface area contributed by atoms with Crippen molar-refractivity contribution in [1.82, 2.24) is 14.7 Å². The molecule has 230 valence electrons. The number of likely N-dealkylation sites (tertiary alicyclic amines) is 3. The summed E-state index contributed by atoms with van der Waals surface area (Å²) < 4.78 is 5.55. The number of hydrogen-bond donors (Lipinski definition) is 0. The second-order valence-corrected chi connectivity index (χ2v) is 14.5. The van der Waals surface area contributed by atoms with Crippen LogP contribution in [-0.4, -0.2) is 76.0 Å². The Hall–Kier alpha value is -2.77. The average molecular weight is 627 g/mol. The standard InChI is InChI=1S/C34H41Cl2N3O4/c1-34(2,3)43-33(42)39-20-26-18-27(39)19-38(26)31(40)22-11-9-21(10-12-22)24-16-29(35)28(30(36)17-24)15-23-13-14-37(32(23)41)25-7-5-4-6-8-25/h9-12,16-17,23,25-27H,4-8,13-15,18-20H2,1-3H3/t23?,26-,27-/m0/s1. The highest BCUT2D eigenvalue weighted by Gasteiger charge is 2.48. The second-order valence-electron chi connectivity index (χ2n) is 13.6. The van der Waals surface area contributed by atoms with Crippen molar-refractivity contribution in [2.45, 2.75) is 95.9 Å². The lowest BCUT2D eigenvalue weighted by Crippen LogP contribution is -2.51. The molecule has 43 heavy (non-hydrogen) atoms. The third-order valence-corrected chi connectivity index (χ3v) is 10.2. The van der Waals surface area contributed by atoms with Crippen molar-refractivity contribution in [3.63, 3.8) is 0 Å². The average Bonchev–Trinajstić information content (AvgIpc) is 3.69. The Balaban J connectivity index is 1.09. The molecule has 3 atom stereocenters. The van der Waals surface area contributed by atoms with E-state index in [0.29, 0.717) is 41.2 Å². The number of carbonyl (C=O) groups is 3. The van der Waals surface area contributed by atoms with Crippen LogP contribution in [-0.2, 0) is 16.0 Å². The first kappa shape index (κ1) is 30.3. The van der Waals surface area contributed by atoms with Gasteiger partial charge in [0.05, 0.1) is 12.1 Å². The van der Waals surface area contributed by atoms with Crippen molar-refractivity contribution in [2.75, 3.05) is 19.6 Å². The first-order valence-corrected chi connectivity index (χ1v) is 16.4. The van der Waals surface area contributed by atoms with Gasteiger partial charge in [0.25, 0.3) is 5.91 Å². The van der Waals surface area contributed by atoms with Crippen LogP contribution in [0.2, 0.25) is 10.0 Å². The topological polar surface area (TPSA) is 70.2 Å². The molecular weight excluding hydrogens is 585 g/mol. The van der Waals surface area contributed by atoms with E-state index >= 15 is 0 Å². The lowest BCUT2D eigenvalue weighted by Gasteiger charge is -2.35. The Morgan fingerprint density at radius 1 is 0.860 bits per heavy atom. The molecule has 1 unspecified atom stereocenters. The van der Waals surface area contributed by atoms with Crippen LogP contribution in [0.15, 0.2) is 36.4 Å². The van der Waals surface area contributed by atoms with Gasteiger partial charge in [0.1, 0.15) is 5.60 Å². The van der Waals surface area contributed by atoms with Crippen molar-refractivity contribution in [1.29, 1.82) is 0 Å². The van der Waals surface area contributed by atoms with Gasteiger partial charge in [-0.1, -0.05) is 54.6 Å². The smallest absolute Gasteiger partial charge is 0.410 e. The van der Waals surface area contributed by atoms with Gasteiger partial charge in [0, 0.05) is 47.2 Å². The van der Waals surface area contributed by atoms with E-state index in [1.165, 1.54) is 19.3 Å². The summed E-state index contributed by atoms with van der Waals surface area (Å²) in [6.07, 6.45) is 7.79.